The minimum absolute atomic E-state index is 0. The van der Waals surface area contributed by atoms with Crippen molar-refractivity contribution in [3.05, 3.63) is 0 Å². The van der Waals surface area contributed by atoms with E-state index in [0.29, 0.717) is 41.1 Å². The van der Waals surface area contributed by atoms with E-state index >= 15 is 0 Å². The zero-order valence-electron chi connectivity index (χ0n) is 16.7. The van der Waals surface area contributed by atoms with Crippen molar-refractivity contribution in [1.29, 1.82) is 0 Å². The van der Waals surface area contributed by atoms with Crippen LogP contribution >= 0.6 is 24.0 Å². The first-order valence-electron chi connectivity index (χ1n) is 9.48. The number of aliphatic imine (C=N–C) groups is 1. The Morgan fingerprint density at radius 2 is 1.68 bits per heavy atom. The molecule has 2 rings (SSSR count). The fourth-order valence-corrected chi connectivity index (χ4v) is 4.66. The average molecular weight is 540 g/mol. The molecule has 0 aromatic carbocycles. The summed E-state index contributed by atoms with van der Waals surface area (Å²) in [6, 6.07) is 0.378. The molecule has 28 heavy (non-hydrogen) atoms. The van der Waals surface area contributed by atoms with E-state index in [0.717, 1.165) is 25.7 Å². The molecule has 166 valence electrons. The van der Waals surface area contributed by atoms with Crippen LogP contribution in [0, 0.1) is 11.3 Å². The van der Waals surface area contributed by atoms with Crippen LogP contribution in [0.5, 0.6) is 0 Å². The van der Waals surface area contributed by atoms with Gasteiger partial charge in [0.15, 0.2) is 5.96 Å². The topological polar surface area (TPSA) is 73.8 Å². The van der Waals surface area contributed by atoms with Crippen LogP contribution in [0.4, 0.5) is 13.2 Å². The fourth-order valence-electron chi connectivity index (χ4n) is 3.67. The van der Waals surface area contributed by atoms with Crippen LogP contribution in [0.1, 0.15) is 52.4 Å². The van der Waals surface area contributed by atoms with E-state index in [1.807, 2.05) is 0 Å². The number of piperidine rings is 1. The van der Waals surface area contributed by atoms with E-state index < -0.39 is 15.5 Å². The molecule has 0 aromatic rings. The number of nitrogens with one attached hydrogen (secondary N) is 2. The van der Waals surface area contributed by atoms with Gasteiger partial charge < -0.3 is 10.6 Å². The first-order chi connectivity index (χ1) is 12.4. The lowest BCUT2D eigenvalue weighted by molar-refractivity contribution is -0.0496. The maximum atomic E-state index is 12.6. The second kappa shape index (κ2) is 10.1. The van der Waals surface area contributed by atoms with Crippen molar-refractivity contribution in [2.24, 2.45) is 16.3 Å². The normalized spacial score (nSPS) is 23.1. The molecule has 2 N–H and O–H groups in total. The van der Waals surface area contributed by atoms with Gasteiger partial charge in [0, 0.05) is 32.7 Å². The lowest BCUT2D eigenvalue weighted by Crippen LogP contribution is -2.49. The van der Waals surface area contributed by atoms with Crippen molar-refractivity contribution in [3.63, 3.8) is 0 Å². The molecule has 1 saturated carbocycles. The molecule has 0 radical (unpaired) electrons. The first-order valence-corrected chi connectivity index (χ1v) is 10.9. The fraction of sp³-hybridized carbons (Fsp3) is 0.941. The second-order valence-electron chi connectivity index (χ2n) is 8.33. The van der Waals surface area contributed by atoms with Gasteiger partial charge in [0.25, 0.3) is 0 Å². The highest BCUT2D eigenvalue weighted by atomic mass is 127. The van der Waals surface area contributed by atoms with Crippen LogP contribution < -0.4 is 10.6 Å². The zero-order chi connectivity index (χ0) is 20.3. The Labute approximate surface area is 183 Å². The largest absolute Gasteiger partial charge is 0.511 e. The number of alkyl halides is 3. The smallest absolute Gasteiger partial charge is 0.356 e. The van der Waals surface area contributed by atoms with Gasteiger partial charge in [-0.1, -0.05) is 13.8 Å². The van der Waals surface area contributed by atoms with E-state index in [9.17, 15) is 21.6 Å². The van der Waals surface area contributed by atoms with Gasteiger partial charge in [0.1, 0.15) is 0 Å². The van der Waals surface area contributed by atoms with Crippen LogP contribution in [-0.4, -0.2) is 56.9 Å². The van der Waals surface area contributed by atoms with Crippen LogP contribution in [0.3, 0.4) is 0 Å². The maximum absolute atomic E-state index is 12.6. The SMILES string of the molecule is CN=C(NCC1CCN(S(=O)(=O)C(F)(F)F)CC1)NC1CCC(C)(C)CC1.I. The Morgan fingerprint density at radius 3 is 2.14 bits per heavy atom. The molecular formula is C17H32F3IN4O2S. The Morgan fingerprint density at radius 1 is 1.14 bits per heavy atom. The molecule has 1 heterocycles. The minimum Gasteiger partial charge on any atom is -0.356 e. The van der Waals surface area contributed by atoms with Gasteiger partial charge in [-0.25, -0.2) is 8.42 Å². The van der Waals surface area contributed by atoms with E-state index in [4.69, 9.17) is 0 Å². The molecule has 0 spiro atoms. The third-order valence-corrected chi connectivity index (χ3v) is 7.30. The summed E-state index contributed by atoms with van der Waals surface area (Å²) in [5.74, 6) is 0.818. The molecule has 1 aliphatic carbocycles. The van der Waals surface area contributed by atoms with Crippen LogP contribution in [0.2, 0.25) is 0 Å². The third kappa shape index (κ3) is 6.89. The van der Waals surface area contributed by atoms with Crippen LogP contribution in [0.25, 0.3) is 0 Å². The summed E-state index contributed by atoms with van der Waals surface area (Å²) in [5, 5.41) is 6.66. The molecule has 1 saturated heterocycles. The lowest BCUT2D eigenvalue weighted by atomic mass is 9.75. The number of nitrogens with zero attached hydrogens (tertiary/aromatic N) is 2. The second-order valence-corrected chi connectivity index (χ2v) is 10.3. The molecule has 0 bridgehead atoms. The molecule has 0 atom stereocenters. The molecule has 1 aliphatic heterocycles. The highest BCUT2D eigenvalue weighted by molar-refractivity contribution is 14.0. The monoisotopic (exact) mass is 540 g/mol. The number of hydrogen-bond acceptors (Lipinski definition) is 3. The van der Waals surface area contributed by atoms with Crippen molar-refractivity contribution in [3.8, 4) is 0 Å². The summed E-state index contributed by atoms with van der Waals surface area (Å²) in [7, 11) is -3.52. The van der Waals surface area contributed by atoms with Crippen molar-refractivity contribution < 1.29 is 21.6 Å². The van der Waals surface area contributed by atoms with Crippen LogP contribution in [-0.2, 0) is 10.0 Å². The Hall–Kier alpha value is -0.300. The molecule has 2 aliphatic rings. The number of sulfonamides is 1. The summed E-state index contributed by atoms with van der Waals surface area (Å²) in [4.78, 5) is 4.23. The molecule has 0 amide bonds. The number of guanidine groups is 1. The summed E-state index contributed by atoms with van der Waals surface area (Å²) >= 11 is 0. The molecule has 0 unspecified atom stereocenters. The van der Waals surface area contributed by atoms with Gasteiger partial charge >= 0.3 is 15.5 Å². The first kappa shape index (κ1) is 25.7. The molecule has 6 nitrogen and oxygen atoms in total. The van der Waals surface area contributed by atoms with E-state index in [-0.39, 0.29) is 43.0 Å². The van der Waals surface area contributed by atoms with Gasteiger partial charge in [-0.05, 0) is 49.9 Å². The standard InChI is InChI=1S/C17H31F3N4O2S.HI/c1-16(2)8-4-14(5-9-16)23-15(21-3)22-12-13-6-10-24(11-7-13)27(25,26)17(18,19)20;/h13-14H,4-12H2,1-3H3,(H2,21,22,23);1H. The van der Waals surface area contributed by atoms with Gasteiger partial charge in [0.05, 0.1) is 0 Å². The molecular weight excluding hydrogens is 508 g/mol. The summed E-state index contributed by atoms with van der Waals surface area (Å²) < 4.78 is 61.3. The third-order valence-electron chi connectivity index (χ3n) is 5.67. The maximum Gasteiger partial charge on any atom is 0.511 e. The van der Waals surface area contributed by atoms with Gasteiger partial charge in [-0.3, -0.25) is 4.99 Å². The lowest BCUT2D eigenvalue weighted by Gasteiger charge is -2.35. The van der Waals surface area contributed by atoms with Crippen LogP contribution in [0.15, 0.2) is 4.99 Å². The highest BCUT2D eigenvalue weighted by Crippen LogP contribution is 2.35. The molecule has 2 fully saturated rings. The van der Waals surface area contributed by atoms with Gasteiger partial charge in [0.2, 0.25) is 0 Å². The van der Waals surface area contributed by atoms with Gasteiger partial charge in [-0.2, -0.15) is 17.5 Å². The van der Waals surface area contributed by atoms with Crippen molar-refractivity contribution in [1.82, 2.24) is 14.9 Å². The molecule has 0 aromatic heterocycles. The Kier molecular flexibility index (Phi) is 9.32. The zero-order valence-corrected chi connectivity index (χ0v) is 19.8. The van der Waals surface area contributed by atoms with E-state index in [2.05, 4.69) is 29.5 Å². The average Bonchev–Trinajstić information content (AvgIpc) is 2.59. The van der Waals surface area contributed by atoms with E-state index in [1.165, 1.54) is 0 Å². The minimum atomic E-state index is -5.22. The quantitative estimate of drug-likeness (QED) is 0.326. The van der Waals surface area contributed by atoms with Gasteiger partial charge in [-0.15, -0.1) is 24.0 Å². The van der Waals surface area contributed by atoms with Crippen molar-refractivity contribution in [2.75, 3.05) is 26.7 Å². The molecule has 11 heteroatoms. The summed E-state index contributed by atoms with van der Waals surface area (Å²) in [6.07, 6.45) is 5.29. The Bertz CT molecular complexity index is 623. The summed E-state index contributed by atoms with van der Waals surface area (Å²) in [6.45, 7) is 4.93. The number of hydrogen-bond donors (Lipinski definition) is 2. The number of rotatable bonds is 4. The Balaban J connectivity index is 0.00000392. The van der Waals surface area contributed by atoms with Crippen molar-refractivity contribution >= 4 is 40.0 Å². The number of halogens is 4. The van der Waals surface area contributed by atoms with Crippen molar-refractivity contribution in [2.45, 2.75) is 63.9 Å². The predicted octanol–water partition coefficient (Wildman–Crippen LogP) is 3.30. The highest BCUT2D eigenvalue weighted by Gasteiger charge is 2.50. The predicted molar refractivity (Wildman–Crippen MR) is 115 cm³/mol. The van der Waals surface area contributed by atoms with E-state index in [1.54, 1.807) is 7.05 Å². The summed E-state index contributed by atoms with van der Waals surface area (Å²) in [5.41, 5.74) is -4.83.